The van der Waals surface area contributed by atoms with Gasteiger partial charge in [-0.15, -0.1) is 0 Å². The zero-order valence-electron chi connectivity index (χ0n) is 10.2. The van der Waals surface area contributed by atoms with Gasteiger partial charge in [-0.2, -0.15) is 5.26 Å². The summed E-state index contributed by atoms with van der Waals surface area (Å²) in [5.41, 5.74) is 5.68. The minimum Gasteiger partial charge on any atom is -0.384 e. The summed E-state index contributed by atoms with van der Waals surface area (Å²) in [6.45, 7) is 3.65. The van der Waals surface area contributed by atoms with Gasteiger partial charge in [0.05, 0.1) is 19.1 Å². The van der Waals surface area contributed by atoms with Crippen LogP contribution in [0.4, 0.5) is 11.6 Å². The van der Waals surface area contributed by atoms with Gasteiger partial charge in [-0.05, 0) is 6.92 Å². The second-order valence-corrected chi connectivity index (χ2v) is 3.59. The van der Waals surface area contributed by atoms with E-state index >= 15 is 0 Å². The molecule has 0 spiro atoms. The van der Waals surface area contributed by atoms with Crippen molar-refractivity contribution in [1.82, 2.24) is 9.97 Å². The van der Waals surface area contributed by atoms with Crippen LogP contribution in [0.5, 0.6) is 0 Å². The molecule has 17 heavy (non-hydrogen) atoms. The molecule has 1 aromatic heterocycles. The molecule has 0 atom stereocenters. The lowest BCUT2D eigenvalue weighted by Gasteiger charge is -2.22. The lowest BCUT2D eigenvalue weighted by molar-refractivity contribution is 0.205. The molecule has 0 unspecified atom stereocenters. The third-order valence-corrected chi connectivity index (χ3v) is 2.23. The summed E-state index contributed by atoms with van der Waals surface area (Å²) in [6, 6.07) is 3.82. The van der Waals surface area contributed by atoms with Gasteiger partial charge < -0.3 is 15.4 Å². The van der Waals surface area contributed by atoms with Crippen LogP contribution in [-0.4, -0.2) is 36.8 Å². The SMILES string of the molecule is COCCN(CCC#N)c1cc(N)nc(C)n1. The molecule has 0 aromatic carbocycles. The topological polar surface area (TPSA) is 88.1 Å². The monoisotopic (exact) mass is 235 g/mol. The van der Waals surface area contributed by atoms with Gasteiger partial charge in [-0.3, -0.25) is 0 Å². The Hall–Kier alpha value is -1.87. The average Bonchev–Trinajstić information content (AvgIpc) is 2.28. The Morgan fingerprint density at radius 3 is 2.82 bits per heavy atom. The Bertz CT molecular complexity index is 381. The van der Waals surface area contributed by atoms with E-state index in [1.807, 2.05) is 4.90 Å². The Balaban J connectivity index is 2.83. The average molecular weight is 235 g/mol. The first-order valence-electron chi connectivity index (χ1n) is 5.39. The Labute approximate surface area is 101 Å². The van der Waals surface area contributed by atoms with E-state index in [-0.39, 0.29) is 0 Å². The number of nitrogens with zero attached hydrogens (tertiary/aromatic N) is 4. The van der Waals surface area contributed by atoms with E-state index in [1.165, 1.54) is 0 Å². The van der Waals surface area contributed by atoms with E-state index in [0.29, 0.717) is 37.8 Å². The fourth-order valence-corrected chi connectivity index (χ4v) is 1.46. The zero-order valence-corrected chi connectivity index (χ0v) is 10.2. The Morgan fingerprint density at radius 1 is 1.47 bits per heavy atom. The number of nitrogens with two attached hydrogens (primary N) is 1. The quantitative estimate of drug-likeness (QED) is 0.782. The lowest BCUT2D eigenvalue weighted by Crippen LogP contribution is -2.29. The maximum atomic E-state index is 8.63. The predicted octanol–water partition coefficient (Wildman–Crippen LogP) is 0.734. The molecule has 6 heteroatoms. The van der Waals surface area contributed by atoms with E-state index in [2.05, 4.69) is 16.0 Å². The van der Waals surface area contributed by atoms with Gasteiger partial charge in [-0.1, -0.05) is 0 Å². The molecule has 6 nitrogen and oxygen atoms in total. The lowest BCUT2D eigenvalue weighted by atomic mass is 10.3. The van der Waals surface area contributed by atoms with Crippen LogP contribution >= 0.6 is 0 Å². The Kier molecular flexibility index (Phi) is 5.17. The van der Waals surface area contributed by atoms with E-state index < -0.39 is 0 Å². The summed E-state index contributed by atoms with van der Waals surface area (Å²) in [5, 5.41) is 8.63. The molecule has 1 rings (SSSR count). The molecule has 1 aromatic rings. The molecular formula is C11H17N5O. The van der Waals surface area contributed by atoms with Gasteiger partial charge in [0.2, 0.25) is 0 Å². The van der Waals surface area contributed by atoms with Crippen molar-refractivity contribution < 1.29 is 4.74 Å². The van der Waals surface area contributed by atoms with Crippen molar-refractivity contribution in [3.05, 3.63) is 11.9 Å². The standard InChI is InChI=1S/C11H17N5O/c1-9-14-10(13)8-11(15-9)16(5-3-4-12)6-7-17-2/h8H,3,5-7H2,1-2H3,(H2,13,14,15). The number of aromatic nitrogens is 2. The number of methoxy groups -OCH3 is 1. The normalized spacial score (nSPS) is 9.94. The van der Waals surface area contributed by atoms with E-state index in [9.17, 15) is 0 Å². The van der Waals surface area contributed by atoms with Crippen molar-refractivity contribution >= 4 is 11.6 Å². The first-order valence-corrected chi connectivity index (χ1v) is 5.39. The molecule has 0 fully saturated rings. The third-order valence-electron chi connectivity index (χ3n) is 2.23. The van der Waals surface area contributed by atoms with Crippen molar-refractivity contribution in [3.63, 3.8) is 0 Å². The number of rotatable bonds is 6. The molecule has 0 amide bonds. The zero-order chi connectivity index (χ0) is 12.7. The molecular weight excluding hydrogens is 218 g/mol. The number of hydrogen-bond donors (Lipinski definition) is 1. The number of nitriles is 1. The number of hydrogen-bond acceptors (Lipinski definition) is 6. The summed E-state index contributed by atoms with van der Waals surface area (Å²) in [4.78, 5) is 10.3. The van der Waals surface area contributed by atoms with Gasteiger partial charge in [0.1, 0.15) is 17.5 Å². The first-order chi connectivity index (χ1) is 8.17. The summed E-state index contributed by atoms with van der Waals surface area (Å²) in [6.07, 6.45) is 0.437. The van der Waals surface area contributed by atoms with Gasteiger partial charge in [0.25, 0.3) is 0 Å². The molecule has 0 aliphatic heterocycles. The van der Waals surface area contributed by atoms with Crippen LogP contribution in [-0.2, 0) is 4.74 Å². The van der Waals surface area contributed by atoms with E-state index in [1.54, 1.807) is 20.1 Å². The van der Waals surface area contributed by atoms with Crippen LogP contribution in [0.1, 0.15) is 12.2 Å². The van der Waals surface area contributed by atoms with Crippen molar-refractivity contribution in [2.45, 2.75) is 13.3 Å². The van der Waals surface area contributed by atoms with Crippen molar-refractivity contribution in [3.8, 4) is 6.07 Å². The number of anilines is 2. The van der Waals surface area contributed by atoms with E-state index in [4.69, 9.17) is 15.7 Å². The molecule has 0 aliphatic carbocycles. The maximum Gasteiger partial charge on any atom is 0.134 e. The minimum absolute atomic E-state index is 0.437. The van der Waals surface area contributed by atoms with Crippen molar-refractivity contribution in [2.75, 3.05) is 37.4 Å². The number of ether oxygens (including phenoxy) is 1. The summed E-state index contributed by atoms with van der Waals surface area (Å²) >= 11 is 0. The summed E-state index contributed by atoms with van der Waals surface area (Å²) < 4.78 is 5.04. The van der Waals surface area contributed by atoms with Gasteiger partial charge in [-0.25, -0.2) is 9.97 Å². The second kappa shape index (κ2) is 6.66. The molecule has 0 radical (unpaired) electrons. The number of aryl methyl sites for hydroxylation is 1. The van der Waals surface area contributed by atoms with Crippen molar-refractivity contribution in [1.29, 1.82) is 5.26 Å². The molecule has 2 N–H and O–H groups in total. The molecule has 0 aliphatic rings. The highest BCUT2D eigenvalue weighted by atomic mass is 16.5. The smallest absolute Gasteiger partial charge is 0.134 e. The molecule has 92 valence electrons. The maximum absolute atomic E-state index is 8.63. The molecule has 0 bridgehead atoms. The van der Waals surface area contributed by atoms with Crippen LogP contribution in [0, 0.1) is 18.3 Å². The fourth-order valence-electron chi connectivity index (χ4n) is 1.46. The third kappa shape index (κ3) is 4.25. The minimum atomic E-state index is 0.437. The molecule has 0 saturated carbocycles. The highest BCUT2D eigenvalue weighted by molar-refractivity contribution is 5.47. The van der Waals surface area contributed by atoms with Gasteiger partial charge in [0.15, 0.2) is 0 Å². The molecule has 1 heterocycles. The van der Waals surface area contributed by atoms with Crippen LogP contribution in [0.3, 0.4) is 0 Å². The Morgan fingerprint density at radius 2 is 2.24 bits per heavy atom. The van der Waals surface area contributed by atoms with Crippen LogP contribution in [0.25, 0.3) is 0 Å². The van der Waals surface area contributed by atoms with Crippen molar-refractivity contribution in [2.24, 2.45) is 0 Å². The predicted molar refractivity (Wildman–Crippen MR) is 65.5 cm³/mol. The number of nitrogen functional groups attached to an aromatic ring is 1. The highest BCUT2D eigenvalue weighted by Gasteiger charge is 2.09. The first kappa shape index (κ1) is 13.2. The largest absolute Gasteiger partial charge is 0.384 e. The fraction of sp³-hybridized carbons (Fsp3) is 0.545. The molecule has 0 saturated heterocycles. The van der Waals surface area contributed by atoms with Gasteiger partial charge in [0, 0.05) is 26.3 Å². The van der Waals surface area contributed by atoms with Crippen LogP contribution in [0.15, 0.2) is 6.07 Å². The second-order valence-electron chi connectivity index (χ2n) is 3.59. The highest BCUT2D eigenvalue weighted by Crippen LogP contribution is 2.14. The van der Waals surface area contributed by atoms with Crippen LogP contribution in [0.2, 0.25) is 0 Å². The summed E-state index contributed by atoms with van der Waals surface area (Å²) in [7, 11) is 1.64. The van der Waals surface area contributed by atoms with Crippen LogP contribution < -0.4 is 10.6 Å². The summed E-state index contributed by atoms with van der Waals surface area (Å²) in [5.74, 6) is 1.80. The van der Waals surface area contributed by atoms with Gasteiger partial charge >= 0.3 is 0 Å². The van der Waals surface area contributed by atoms with E-state index in [0.717, 1.165) is 5.82 Å².